The van der Waals surface area contributed by atoms with Crippen molar-refractivity contribution in [1.29, 1.82) is 0 Å². The molecule has 0 aliphatic carbocycles. The second kappa shape index (κ2) is 8.81. The van der Waals surface area contributed by atoms with Gasteiger partial charge in [0.2, 0.25) is 5.91 Å². The molecule has 0 bridgehead atoms. The smallest absolute Gasteiger partial charge is 0.248 e. The van der Waals surface area contributed by atoms with Gasteiger partial charge < -0.3 is 9.64 Å². The number of fused-ring (bicyclic) bond motifs is 1. The predicted molar refractivity (Wildman–Crippen MR) is 120 cm³/mol. The van der Waals surface area contributed by atoms with E-state index >= 15 is 0 Å². The lowest BCUT2D eigenvalue weighted by Gasteiger charge is -2.24. The van der Waals surface area contributed by atoms with Crippen LogP contribution in [0.2, 0.25) is 0 Å². The highest BCUT2D eigenvalue weighted by molar-refractivity contribution is 8.15. The lowest BCUT2D eigenvalue weighted by atomic mass is 10.1. The third-order valence-corrected chi connectivity index (χ3v) is 8.63. The quantitative estimate of drug-likeness (QED) is 0.682. The Morgan fingerprint density at radius 3 is 2.53 bits per heavy atom. The summed E-state index contributed by atoms with van der Waals surface area (Å²) in [4.78, 5) is 18.9. The van der Waals surface area contributed by atoms with Crippen LogP contribution in [0.3, 0.4) is 0 Å². The van der Waals surface area contributed by atoms with E-state index in [9.17, 15) is 13.2 Å². The molecular formula is C22H24N2O4S2. The van der Waals surface area contributed by atoms with Crippen LogP contribution in [0.1, 0.15) is 17.5 Å². The molecule has 0 unspecified atom stereocenters. The van der Waals surface area contributed by atoms with Crippen molar-refractivity contribution in [2.24, 2.45) is 4.99 Å². The van der Waals surface area contributed by atoms with Gasteiger partial charge in [-0.1, -0.05) is 54.2 Å². The molecule has 6 nitrogen and oxygen atoms in total. The summed E-state index contributed by atoms with van der Waals surface area (Å²) in [5.41, 5.74) is 2.12. The molecule has 1 amide bonds. The minimum Gasteiger partial charge on any atom is -0.497 e. The van der Waals surface area contributed by atoms with Gasteiger partial charge in [-0.15, -0.1) is 0 Å². The van der Waals surface area contributed by atoms with E-state index in [2.05, 4.69) is 4.99 Å². The highest BCUT2D eigenvalue weighted by atomic mass is 32.2. The SMILES string of the molecule is COc1ccc(CN2C(=NC(=O)CCc3ccccc3)S[C@H]3CS(=O)(=O)C[C@H]32)cc1. The number of carbonyl (C=O) groups is 1. The van der Waals surface area contributed by atoms with Gasteiger partial charge in [0.1, 0.15) is 5.75 Å². The molecule has 2 fully saturated rings. The Bertz CT molecular complexity index is 1040. The van der Waals surface area contributed by atoms with Crippen LogP contribution in [0.5, 0.6) is 5.75 Å². The first-order chi connectivity index (χ1) is 14.4. The van der Waals surface area contributed by atoms with Crippen molar-refractivity contribution in [2.45, 2.75) is 30.7 Å². The number of aliphatic imine (C=N–C) groups is 1. The van der Waals surface area contributed by atoms with Crippen molar-refractivity contribution in [1.82, 2.24) is 4.90 Å². The average Bonchev–Trinajstić information content (AvgIpc) is 3.19. The number of aryl methyl sites for hydroxylation is 1. The van der Waals surface area contributed by atoms with Gasteiger partial charge in [-0.05, 0) is 29.7 Å². The Hall–Kier alpha value is -2.32. The van der Waals surface area contributed by atoms with Crippen molar-refractivity contribution < 1.29 is 17.9 Å². The molecule has 0 aromatic heterocycles. The summed E-state index contributed by atoms with van der Waals surface area (Å²) in [7, 11) is -1.44. The number of hydrogen-bond acceptors (Lipinski definition) is 5. The third kappa shape index (κ3) is 4.87. The minimum atomic E-state index is -3.06. The molecule has 0 spiro atoms. The van der Waals surface area contributed by atoms with E-state index in [1.807, 2.05) is 59.5 Å². The normalized spacial score (nSPS) is 23.5. The predicted octanol–water partition coefficient (Wildman–Crippen LogP) is 2.93. The van der Waals surface area contributed by atoms with E-state index in [4.69, 9.17) is 4.74 Å². The average molecular weight is 445 g/mol. The van der Waals surface area contributed by atoms with Crippen LogP contribution in [0, 0.1) is 0 Å². The number of methoxy groups -OCH3 is 1. The van der Waals surface area contributed by atoms with Crippen molar-refractivity contribution in [3.8, 4) is 5.75 Å². The summed E-state index contributed by atoms with van der Waals surface area (Å²) in [6.45, 7) is 0.512. The maximum absolute atomic E-state index is 12.5. The maximum atomic E-state index is 12.5. The number of hydrogen-bond donors (Lipinski definition) is 0. The highest BCUT2D eigenvalue weighted by Crippen LogP contribution is 2.39. The van der Waals surface area contributed by atoms with Gasteiger partial charge in [0.15, 0.2) is 15.0 Å². The van der Waals surface area contributed by atoms with E-state index in [-0.39, 0.29) is 28.7 Å². The van der Waals surface area contributed by atoms with Crippen LogP contribution >= 0.6 is 11.8 Å². The Labute approximate surface area is 181 Å². The number of carbonyl (C=O) groups excluding carboxylic acids is 1. The number of sulfone groups is 1. The fraction of sp³-hybridized carbons (Fsp3) is 0.364. The second-order valence-electron chi connectivity index (χ2n) is 7.55. The molecule has 2 aliphatic heterocycles. The molecule has 2 saturated heterocycles. The van der Waals surface area contributed by atoms with Gasteiger partial charge in [-0.2, -0.15) is 4.99 Å². The third-order valence-electron chi connectivity index (χ3n) is 5.38. The van der Waals surface area contributed by atoms with E-state index in [0.717, 1.165) is 16.9 Å². The Morgan fingerprint density at radius 1 is 1.10 bits per heavy atom. The molecule has 2 aromatic carbocycles. The molecule has 2 aliphatic rings. The zero-order valence-electron chi connectivity index (χ0n) is 16.7. The molecule has 2 heterocycles. The highest BCUT2D eigenvalue weighted by Gasteiger charge is 2.48. The summed E-state index contributed by atoms with van der Waals surface area (Å²) in [6.07, 6.45) is 0.971. The van der Waals surface area contributed by atoms with Gasteiger partial charge in [0, 0.05) is 18.2 Å². The van der Waals surface area contributed by atoms with Crippen LogP contribution in [0.4, 0.5) is 0 Å². The largest absolute Gasteiger partial charge is 0.497 e. The zero-order chi connectivity index (χ0) is 21.1. The summed E-state index contributed by atoms with van der Waals surface area (Å²) in [6, 6.07) is 17.4. The zero-order valence-corrected chi connectivity index (χ0v) is 18.4. The first-order valence-corrected chi connectivity index (χ1v) is 12.6. The van der Waals surface area contributed by atoms with Gasteiger partial charge in [0.25, 0.3) is 0 Å². The fourth-order valence-corrected chi connectivity index (χ4v) is 7.77. The maximum Gasteiger partial charge on any atom is 0.248 e. The Morgan fingerprint density at radius 2 is 1.83 bits per heavy atom. The van der Waals surface area contributed by atoms with Crippen molar-refractivity contribution >= 4 is 32.7 Å². The van der Waals surface area contributed by atoms with Crippen molar-refractivity contribution in [2.75, 3.05) is 18.6 Å². The number of amides is 1. The van der Waals surface area contributed by atoms with Gasteiger partial charge in [-0.3, -0.25) is 4.79 Å². The first-order valence-electron chi connectivity index (χ1n) is 9.85. The van der Waals surface area contributed by atoms with E-state index in [0.29, 0.717) is 24.6 Å². The molecule has 2 atom stereocenters. The molecule has 2 aromatic rings. The number of benzene rings is 2. The topological polar surface area (TPSA) is 76.0 Å². The van der Waals surface area contributed by atoms with Crippen molar-refractivity contribution in [3.05, 3.63) is 65.7 Å². The molecule has 4 rings (SSSR count). The van der Waals surface area contributed by atoms with Crippen LogP contribution in [-0.4, -0.2) is 54.3 Å². The molecule has 0 radical (unpaired) electrons. The summed E-state index contributed by atoms with van der Waals surface area (Å²) < 4.78 is 29.5. The summed E-state index contributed by atoms with van der Waals surface area (Å²) in [5, 5.41) is 0.558. The van der Waals surface area contributed by atoms with Crippen LogP contribution < -0.4 is 4.74 Å². The number of amidine groups is 1. The standard InChI is InChI=1S/C22H24N2O4S2/c1-28-18-10-7-17(8-11-18)13-24-19-14-30(26,27)15-20(19)29-22(24)23-21(25)12-9-16-5-3-2-4-6-16/h2-8,10-11,19-20H,9,12-15H2,1H3/t19-,20+/m1/s1. The Balaban J connectivity index is 1.51. The number of rotatable bonds is 6. The lowest BCUT2D eigenvalue weighted by Crippen LogP contribution is -2.37. The molecule has 0 N–H and O–H groups in total. The van der Waals surface area contributed by atoms with Crippen molar-refractivity contribution in [3.63, 3.8) is 0 Å². The number of ether oxygens (including phenoxy) is 1. The number of nitrogens with zero attached hydrogens (tertiary/aromatic N) is 2. The van der Waals surface area contributed by atoms with Gasteiger partial charge in [-0.25, -0.2) is 8.42 Å². The first kappa shape index (κ1) is 20.9. The lowest BCUT2D eigenvalue weighted by molar-refractivity contribution is -0.117. The van der Waals surface area contributed by atoms with Gasteiger partial charge >= 0.3 is 0 Å². The van der Waals surface area contributed by atoms with Gasteiger partial charge in [0.05, 0.1) is 24.7 Å². The number of thioether (sulfide) groups is 1. The van der Waals surface area contributed by atoms with E-state index in [1.165, 1.54) is 11.8 Å². The molecule has 158 valence electrons. The van der Waals surface area contributed by atoms with E-state index < -0.39 is 9.84 Å². The summed E-state index contributed by atoms with van der Waals surface area (Å²) >= 11 is 1.42. The second-order valence-corrected chi connectivity index (χ2v) is 10.9. The molecule has 8 heteroatoms. The van der Waals surface area contributed by atoms with E-state index in [1.54, 1.807) is 7.11 Å². The van der Waals surface area contributed by atoms with Crippen LogP contribution in [0.15, 0.2) is 59.6 Å². The van der Waals surface area contributed by atoms with Crippen LogP contribution in [0.25, 0.3) is 0 Å². The Kier molecular flexibility index (Phi) is 6.15. The monoisotopic (exact) mass is 444 g/mol. The molecule has 0 saturated carbocycles. The fourth-order valence-electron chi connectivity index (χ4n) is 3.81. The minimum absolute atomic E-state index is 0.0751. The molecular weight excluding hydrogens is 420 g/mol. The molecule has 30 heavy (non-hydrogen) atoms. The van der Waals surface area contributed by atoms with Crippen LogP contribution in [-0.2, 0) is 27.6 Å². The summed E-state index contributed by atoms with van der Waals surface area (Å²) in [5.74, 6) is 0.834.